The maximum Gasteiger partial charge on any atom is 0.219 e. The highest BCUT2D eigenvalue weighted by Gasteiger charge is 2.19. The molecule has 0 bridgehead atoms. The van der Waals surface area contributed by atoms with E-state index in [4.69, 9.17) is 11.6 Å². The van der Waals surface area contributed by atoms with Gasteiger partial charge in [0, 0.05) is 31.1 Å². The molecule has 0 radical (unpaired) electrons. The molecule has 0 aliphatic carbocycles. The minimum absolute atomic E-state index is 0.194. The summed E-state index contributed by atoms with van der Waals surface area (Å²) < 4.78 is 0. The lowest BCUT2D eigenvalue weighted by molar-refractivity contribution is -0.129. The van der Waals surface area contributed by atoms with Crippen LogP contribution in [0.4, 0.5) is 0 Å². The predicted molar refractivity (Wildman–Crippen MR) is 78.4 cm³/mol. The summed E-state index contributed by atoms with van der Waals surface area (Å²) in [7, 11) is 0. The van der Waals surface area contributed by atoms with Crippen molar-refractivity contribution in [2.75, 3.05) is 19.6 Å². The van der Waals surface area contributed by atoms with Crippen LogP contribution in [0.15, 0.2) is 24.3 Å². The molecule has 0 saturated carbocycles. The Hall–Kier alpha value is -1.06. The van der Waals surface area contributed by atoms with Gasteiger partial charge in [0.05, 0.1) is 0 Å². The van der Waals surface area contributed by atoms with Crippen molar-refractivity contribution in [2.45, 2.75) is 32.2 Å². The Balaban J connectivity index is 1.67. The zero-order valence-corrected chi connectivity index (χ0v) is 12.1. The van der Waals surface area contributed by atoms with E-state index in [1.54, 1.807) is 6.92 Å². The van der Waals surface area contributed by atoms with Gasteiger partial charge in [0.25, 0.3) is 0 Å². The first kappa shape index (κ1) is 14.4. The number of hydrogen-bond donors (Lipinski definition) is 1. The summed E-state index contributed by atoms with van der Waals surface area (Å²) in [5.74, 6) is 0.194. The molecular weight excluding hydrogens is 260 g/mol. The zero-order chi connectivity index (χ0) is 13.7. The van der Waals surface area contributed by atoms with Crippen LogP contribution in [0.25, 0.3) is 0 Å². The second-order valence-corrected chi connectivity index (χ2v) is 5.55. The van der Waals surface area contributed by atoms with Gasteiger partial charge in [0.1, 0.15) is 0 Å². The molecule has 1 aromatic carbocycles. The largest absolute Gasteiger partial charge is 0.343 e. The molecule has 0 aromatic heterocycles. The molecular formula is C15H21ClN2O. The number of amides is 1. The second kappa shape index (κ2) is 6.92. The molecule has 1 N–H and O–H groups in total. The average molecular weight is 281 g/mol. The minimum atomic E-state index is 0.194. The quantitative estimate of drug-likeness (QED) is 0.919. The molecule has 1 heterocycles. The normalized spacial score (nSPS) is 16.6. The Morgan fingerprint density at radius 2 is 1.95 bits per heavy atom. The number of hydrogen-bond acceptors (Lipinski definition) is 2. The van der Waals surface area contributed by atoms with Gasteiger partial charge in [-0.2, -0.15) is 0 Å². The SMILES string of the molecule is CC(=O)N1CCC(NCCc2ccc(Cl)cc2)CC1. The van der Waals surface area contributed by atoms with Crippen molar-refractivity contribution in [1.82, 2.24) is 10.2 Å². The van der Waals surface area contributed by atoms with Crippen molar-refractivity contribution < 1.29 is 4.79 Å². The smallest absolute Gasteiger partial charge is 0.219 e. The maximum atomic E-state index is 11.2. The van der Waals surface area contributed by atoms with Gasteiger partial charge in [-0.3, -0.25) is 4.79 Å². The number of carbonyl (C=O) groups excluding carboxylic acids is 1. The maximum absolute atomic E-state index is 11.2. The number of piperidine rings is 1. The highest BCUT2D eigenvalue weighted by molar-refractivity contribution is 6.30. The molecule has 1 aromatic rings. The van der Waals surface area contributed by atoms with Crippen LogP contribution in [-0.4, -0.2) is 36.5 Å². The third-order valence-corrected chi connectivity index (χ3v) is 3.95. The molecule has 2 rings (SSSR count). The van der Waals surface area contributed by atoms with Crippen LogP contribution in [0.2, 0.25) is 5.02 Å². The van der Waals surface area contributed by atoms with Crippen molar-refractivity contribution in [3.8, 4) is 0 Å². The summed E-state index contributed by atoms with van der Waals surface area (Å²) in [6.07, 6.45) is 3.13. The molecule has 4 heteroatoms. The second-order valence-electron chi connectivity index (χ2n) is 5.11. The van der Waals surface area contributed by atoms with Gasteiger partial charge in [0.15, 0.2) is 0 Å². The Labute approximate surface area is 119 Å². The number of carbonyl (C=O) groups is 1. The van der Waals surface area contributed by atoms with Crippen molar-refractivity contribution in [3.05, 3.63) is 34.9 Å². The third-order valence-electron chi connectivity index (χ3n) is 3.70. The third kappa shape index (κ3) is 4.51. The zero-order valence-electron chi connectivity index (χ0n) is 11.4. The summed E-state index contributed by atoms with van der Waals surface area (Å²) in [6, 6.07) is 8.55. The summed E-state index contributed by atoms with van der Waals surface area (Å²) in [6.45, 7) is 4.39. The highest BCUT2D eigenvalue weighted by atomic mass is 35.5. The standard InChI is InChI=1S/C15H21ClN2O/c1-12(19)18-10-7-15(8-11-18)17-9-6-13-2-4-14(16)5-3-13/h2-5,15,17H,6-11H2,1H3. The van der Waals surface area contributed by atoms with Crippen LogP contribution >= 0.6 is 11.6 Å². The molecule has 0 atom stereocenters. The molecule has 1 aliphatic rings. The first-order chi connectivity index (χ1) is 9.15. The van der Waals surface area contributed by atoms with Gasteiger partial charge in [-0.25, -0.2) is 0 Å². The van der Waals surface area contributed by atoms with Gasteiger partial charge in [-0.05, 0) is 43.5 Å². The number of rotatable bonds is 4. The lowest BCUT2D eigenvalue weighted by Crippen LogP contribution is -2.44. The molecule has 0 unspecified atom stereocenters. The van der Waals surface area contributed by atoms with Crippen molar-refractivity contribution in [2.24, 2.45) is 0 Å². The van der Waals surface area contributed by atoms with Crippen molar-refractivity contribution >= 4 is 17.5 Å². The summed E-state index contributed by atoms with van der Waals surface area (Å²) in [4.78, 5) is 13.2. The van der Waals surface area contributed by atoms with E-state index in [1.165, 1.54) is 5.56 Å². The number of likely N-dealkylation sites (tertiary alicyclic amines) is 1. The lowest BCUT2D eigenvalue weighted by Gasteiger charge is -2.31. The highest BCUT2D eigenvalue weighted by Crippen LogP contribution is 2.12. The number of nitrogens with zero attached hydrogens (tertiary/aromatic N) is 1. The topological polar surface area (TPSA) is 32.3 Å². The van der Waals surface area contributed by atoms with Crippen LogP contribution in [0.3, 0.4) is 0 Å². The van der Waals surface area contributed by atoms with Gasteiger partial charge >= 0.3 is 0 Å². The molecule has 104 valence electrons. The first-order valence-corrected chi connectivity index (χ1v) is 7.26. The van der Waals surface area contributed by atoms with E-state index in [-0.39, 0.29) is 5.91 Å². The van der Waals surface area contributed by atoms with Gasteiger partial charge < -0.3 is 10.2 Å². The van der Waals surface area contributed by atoms with E-state index >= 15 is 0 Å². The summed E-state index contributed by atoms with van der Waals surface area (Å²) in [5.41, 5.74) is 1.30. The Morgan fingerprint density at radius 3 is 2.53 bits per heavy atom. The van der Waals surface area contributed by atoms with E-state index in [0.29, 0.717) is 6.04 Å². The fourth-order valence-electron chi connectivity index (χ4n) is 2.47. The van der Waals surface area contributed by atoms with Gasteiger partial charge in [-0.1, -0.05) is 23.7 Å². The van der Waals surface area contributed by atoms with Crippen molar-refractivity contribution in [1.29, 1.82) is 0 Å². The van der Waals surface area contributed by atoms with Crippen LogP contribution in [-0.2, 0) is 11.2 Å². The number of benzene rings is 1. The molecule has 0 spiro atoms. The predicted octanol–water partition coefficient (Wildman–Crippen LogP) is 2.48. The van der Waals surface area contributed by atoms with E-state index in [9.17, 15) is 4.79 Å². The molecule has 1 aliphatic heterocycles. The van der Waals surface area contributed by atoms with Crippen molar-refractivity contribution in [3.63, 3.8) is 0 Å². The minimum Gasteiger partial charge on any atom is -0.343 e. The molecule has 1 fully saturated rings. The summed E-state index contributed by atoms with van der Waals surface area (Å²) >= 11 is 5.86. The fourth-order valence-corrected chi connectivity index (χ4v) is 2.60. The van der Waals surface area contributed by atoms with E-state index < -0.39 is 0 Å². The van der Waals surface area contributed by atoms with Gasteiger partial charge in [-0.15, -0.1) is 0 Å². The van der Waals surface area contributed by atoms with Crippen LogP contribution in [0, 0.1) is 0 Å². The number of halogens is 1. The first-order valence-electron chi connectivity index (χ1n) is 6.88. The monoisotopic (exact) mass is 280 g/mol. The molecule has 3 nitrogen and oxygen atoms in total. The van der Waals surface area contributed by atoms with Crippen LogP contribution < -0.4 is 5.32 Å². The van der Waals surface area contributed by atoms with E-state index in [1.807, 2.05) is 17.0 Å². The molecule has 1 amide bonds. The Morgan fingerprint density at radius 1 is 1.32 bits per heavy atom. The molecule has 1 saturated heterocycles. The van der Waals surface area contributed by atoms with E-state index in [2.05, 4.69) is 17.4 Å². The average Bonchev–Trinajstić information content (AvgIpc) is 2.41. The Bertz CT molecular complexity index is 411. The Kier molecular flexibility index (Phi) is 5.23. The lowest BCUT2D eigenvalue weighted by atomic mass is 10.0. The summed E-state index contributed by atoms with van der Waals surface area (Å²) in [5, 5.41) is 4.36. The van der Waals surface area contributed by atoms with E-state index in [0.717, 1.165) is 43.9 Å². The van der Waals surface area contributed by atoms with Crippen LogP contribution in [0.1, 0.15) is 25.3 Å². The van der Waals surface area contributed by atoms with Gasteiger partial charge in [0.2, 0.25) is 5.91 Å². The molecule has 19 heavy (non-hydrogen) atoms. The number of nitrogens with one attached hydrogen (secondary N) is 1. The fraction of sp³-hybridized carbons (Fsp3) is 0.533. The van der Waals surface area contributed by atoms with Crippen LogP contribution in [0.5, 0.6) is 0 Å².